The van der Waals surface area contributed by atoms with Gasteiger partial charge in [-0.3, -0.25) is 9.59 Å². The predicted molar refractivity (Wildman–Crippen MR) is 118 cm³/mol. The number of benzene rings is 2. The molecule has 0 amide bonds. The van der Waals surface area contributed by atoms with Crippen LogP contribution < -0.4 is 0 Å². The molecule has 4 rings (SSSR count). The highest BCUT2D eigenvalue weighted by Gasteiger charge is 2.26. The van der Waals surface area contributed by atoms with Gasteiger partial charge in [0.25, 0.3) is 0 Å². The maximum absolute atomic E-state index is 12.6. The average Bonchev–Trinajstić information content (AvgIpc) is 3.20. The van der Waals surface area contributed by atoms with E-state index in [0.717, 1.165) is 0 Å². The van der Waals surface area contributed by atoms with Crippen molar-refractivity contribution in [2.24, 2.45) is 14.1 Å². The van der Waals surface area contributed by atoms with Crippen molar-refractivity contribution >= 4 is 45.7 Å². The standard InChI is InChI=1S/C24H20N2O7/c1-25-17-9-5-3-7-13(17)15(21(25)23(29)30)11-19(27)33-20(28)12-16-14-8-4-6-10-18(14)26(2)22(16)24(31)32/h3-10H,11-12H2,1-2H3,(H,29,30)(H,31,32). The normalized spacial score (nSPS) is 11.1. The second-order valence-corrected chi connectivity index (χ2v) is 7.62. The Labute approximate surface area is 187 Å². The number of carboxylic acid groups (broad SMARTS) is 2. The zero-order valence-corrected chi connectivity index (χ0v) is 17.9. The Kier molecular flexibility index (Phi) is 5.47. The Balaban J connectivity index is 1.60. The fraction of sp³-hybridized carbons (Fsp3) is 0.167. The molecule has 168 valence electrons. The summed E-state index contributed by atoms with van der Waals surface area (Å²) in [4.78, 5) is 48.7. The number of carbonyl (C=O) groups is 4. The number of carbonyl (C=O) groups excluding carboxylic acids is 2. The maximum atomic E-state index is 12.6. The lowest BCUT2D eigenvalue weighted by atomic mass is 10.1. The van der Waals surface area contributed by atoms with Gasteiger partial charge in [-0.15, -0.1) is 0 Å². The molecule has 4 aromatic rings. The highest BCUT2D eigenvalue weighted by atomic mass is 16.6. The molecule has 0 aliphatic rings. The third-order valence-electron chi connectivity index (χ3n) is 5.70. The van der Waals surface area contributed by atoms with Crippen molar-refractivity contribution in [1.29, 1.82) is 0 Å². The minimum atomic E-state index is -1.20. The molecule has 0 unspecified atom stereocenters. The minimum Gasteiger partial charge on any atom is -0.477 e. The summed E-state index contributed by atoms with van der Waals surface area (Å²) >= 11 is 0. The molecule has 2 heterocycles. The lowest BCUT2D eigenvalue weighted by Gasteiger charge is -2.06. The van der Waals surface area contributed by atoms with Gasteiger partial charge in [0.2, 0.25) is 0 Å². The first-order valence-electron chi connectivity index (χ1n) is 10.0. The van der Waals surface area contributed by atoms with Gasteiger partial charge in [0.05, 0.1) is 12.8 Å². The first-order valence-corrected chi connectivity index (χ1v) is 10.0. The molecule has 0 aliphatic heterocycles. The summed E-state index contributed by atoms with van der Waals surface area (Å²) in [5.41, 5.74) is 1.62. The minimum absolute atomic E-state index is 0.0668. The van der Waals surface area contributed by atoms with E-state index in [2.05, 4.69) is 0 Å². The third-order valence-corrected chi connectivity index (χ3v) is 5.70. The molecular weight excluding hydrogens is 428 g/mol. The van der Waals surface area contributed by atoms with E-state index in [1.165, 1.54) is 9.13 Å². The van der Waals surface area contributed by atoms with Gasteiger partial charge < -0.3 is 24.1 Å². The molecule has 0 aliphatic carbocycles. The van der Waals surface area contributed by atoms with Crippen LogP contribution in [0.4, 0.5) is 0 Å². The number of ether oxygens (including phenoxy) is 1. The largest absolute Gasteiger partial charge is 0.477 e. The number of carboxylic acids is 2. The average molecular weight is 448 g/mol. The molecule has 0 fully saturated rings. The summed E-state index contributed by atoms with van der Waals surface area (Å²) in [5, 5.41) is 20.4. The van der Waals surface area contributed by atoms with Crippen LogP contribution in [0.3, 0.4) is 0 Å². The molecule has 0 radical (unpaired) electrons. The number of aromatic nitrogens is 2. The number of hydrogen-bond donors (Lipinski definition) is 2. The van der Waals surface area contributed by atoms with Crippen LogP contribution in [0.2, 0.25) is 0 Å². The van der Waals surface area contributed by atoms with Crippen molar-refractivity contribution in [2.45, 2.75) is 12.8 Å². The number of para-hydroxylation sites is 2. The van der Waals surface area contributed by atoms with Crippen LogP contribution in [-0.2, 0) is 41.3 Å². The van der Waals surface area contributed by atoms with E-state index in [1.807, 2.05) is 0 Å². The van der Waals surface area contributed by atoms with Crippen LogP contribution in [0, 0.1) is 0 Å². The highest BCUT2D eigenvalue weighted by Crippen LogP contribution is 2.28. The lowest BCUT2D eigenvalue weighted by Crippen LogP contribution is -2.19. The number of esters is 2. The fourth-order valence-corrected chi connectivity index (χ4v) is 4.33. The number of fused-ring (bicyclic) bond motifs is 2. The van der Waals surface area contributed by atoms with Crippen LogP contribution in [0.1, 0.15) is 32.1 Å². The zero-order chi connectivity index (χ0) is 23.9. The van der Waals surface area contributed by atoms with Crippen LogP contribution in [0.5, 0.6) is 0 Å². The summed E-state index contributed by atoms with van der Waals surface area (Å²) in [5.74, 6) is -4.25. The monoisotopic (exact) mass is 448 g/mol. The van der Waals surface area contributed by atoms with Gasteiger partial charge in [0.1, 0.15) is 11.4 Å². The molecular formula is C24H20N2O7. The van der Waals surface area contributed by atoms with Gasteiger partial charge >= 0.3 is 23.9 Å². The molecule has 0 saturated carbocycles. The van der Waals surface area contributed by atoms with Crippen LogP contribution >= 0.6 is 0 Å². The van der Waals surface area contributed by atoms with Gasteiger partial charge in [-0.05, 0) is 12.1 Å². The SMILES string of the molecule is Cn1c(C(=O)O)c(CC(=O)OC(=O)Cc2c(C(=O)O)n(C)c3ccccc23)c2ccccc21. The summed E-state index contributed by atoms with van der Waals surface area (Å²) in [6, 6.07) is 13.8. The van der Waals surface area contributed by atoms with Crippen molar-refractivity contribution in [1.82, 2.24) is 9.13 Å². The van der Waals surface area contributed by atoms with E-state index in [1.54, 1.807) is 62.6 Å². The molecule has 0 atom stereocenters. The van der Waals surface area contributed by atoms with E-state index in [4.69, 9.17) is 4.74 Å². The first kappa shape index (κ1) is 21.8. The third kappa shape index (κ3) is 3.73. The Morgan fingerprint density at radius 2 is 1.06 bits per heavy atom. The molecule has 0 bridgehead atoms. The number of aromatic carboxylic acids is 2. The Bertz CT molecular complexity index is 1350. The van der Waals surface area contributed by atoms with E-state index in [9.17, 15) is 29.4 Å². The van der Waals surface area contributed by atoms with E-state index >= 15 is 0 Å². The first-order chi connectivity index (χ1) is 15.7. The topological polar surface area (TPSA) is 128 Å². The molecule has 0 spiro atoms. The summed E-state index contributed by atoms with van der Waals surface area (Å²) in [6.45, 7) is 0. The Morgan fingerprint density at radius 3 is 1.42 bits per heavy atom. The van der Waals surface area contributed by atoms with Crippen molar-refractivity contribution in [2.75, 3.05) is 0 Å². The molecule has 2 N–H and O–H groups in total. The van der Waals surface area contributed by atoms with Crippen LogP contribution in [0.25, 0.3) is 21.8 Å². The zero-order valence-electron chi connectivity index (χ0n) is 17.9. The maximum Gasteiger partial charge on any atom is 0.352 e. The van der Waals surface area contributed by atoms with Gasteiger partial charge in [-0.1, -0.05) is 36.4 Å². The second-order valence-electron chi connectivity index (χ2n) is 7.62. The predicted octanol–water partition coefficient (Wildman–Crippen LogP) is 2.92. The molecule has 0 saturated heterocycles. The number of aryl methyl sites for hydroxylation is 2. The van der Waals surface area contributed by atoms with E-state index in [-0.39, 0.29) is 22.5 Å². The second kappa shape index (κ2) is 8.27. The van der Waals surface area contributed by atoms with Crippen molar-refractivity contribution in [3.8, 4) is 0 Å². The van der Waals surface area contributed by atoms with Gasteiger partial charge in [0.15, 0.2) is 0 Å². The molecule has 2 aromatic heterocycles. The number of nitrogens with zero attached hydrogens (tertiary/aromatic N) is 2. The summed E-state index contributed by atoms with van der Waals surface area (Å²) < 4.78 is 7.90. The van der Waals surface area contributed by atoms with E-state index in [0.29, 0.717) is 21.8 Å². The molecule has 33 heavy (non-hydrogen) atoms. The van der Waals surface area contributed by atoms with Crippen molar-refractivity contribution in [3.63, 3.8) is 0 Å². The Hall–Kier alpha value is -4.40. The van der Waals surface area contributed by atoms with Gasteiger partial charge in [0, 0.05) is 47.0 Å². The Morgan fingerprint density at radius 1 is 0.697 bits per heavy atom. The number of hydrogen-bond acceptors (Lipinski definition) is 5. The van der Waals surface area contributed by atoms with Crippen molar-refractivity contribution in [3.05, 3.63) is 71.0 Å². The van der Waals surface area contributed by atoms with Gasteiger partial charge in [-0.25, -0.2) is 9.59 Å². The fourth-order valence-electron chi connectivity index (χ4n) is 4.33. The summed E-state index contributed by atoms with van der Waals surface area (Å²) in [7, 11) is 3.17. The molecule has 2 aromatic carbocycles. The number of rotatable bonds is 6. The smallest absolute Gasteiger partial charge is 0.352 e. The van der Waals surface area contributed by atoms with Crippen molar-refractivity contribution < 1.29 is 34.1 Å². The van der Waals surface area contributed by atoms with Crippen LogP contribution in [-0.4, -0.2) is 43.2 Å². The van der Waals surface area contributed by atoms with Crippen LogP contribution in [0.15, 0.2) is 48.5 Å². The highest BCUT2D eigenvalue weighted by molar-refractivity contribution is 6.03. The molecule has 9 nitrogen and oxygen atoms in total. The summed E-state index contributed by atoms with van der Waals surface area (Å²) in [6.07, 6.45) is -0.841. The lowest BCUT2D eigenvalue weighted by molar-refractivity contribution is -0.158. The quantitative estimate of drug-likeness (QED) is 0.343. The molecule has 9 heteroatoms. The van der Waals surface area contributed by atoms with E-state index < -0.39 is 36.7 Å². The van der Waals surface area contributed by atoms with Gasteiger partial charge in [-0.2, -0.15) is 0 Å².